The Morgan fingerprint density at radius 3 is 2.37 bits per heavy atom. The number of thiocarbonyl (C=S) groups is 1. The lowest BCUT2D eigenvalue weighted by atomic mass is 10.2. The SMILES string of the molecule is CC(C)N1C(=O)C(=Cc2c(N3CCN(c4ccc(F)cc4)CC3)nc3ccccn3c2=O)SC1=S. The third-order valence-corrected chi connectivity index (χ3v) is 7.47. The number of amides is 1. The Morgan fingerprint density at radius 1 is 1.03 bits per heavy atom. The first kappa shape index (κ1) is 23.5. The van der Waals surface area contributed by atoms with Crippen LogP contribution in [-0.2, 0) is 4.79 Å². The molecule has 180 valence electrons. The lowest BCUT2D eigenvalue weighted by molar-refractivity contribution is -0.123. The number of hydrogen-bond donors (Lipinski definition) is 0. The van der Waals surface area contributed by atoms with E-state index >= 15 is 0 Å². The molecule has 1 aromatic carbocycles. The zero-order chi connectivity index (χ0) is 24.7. The van der Waals surface area contributed by atoms with Crippen LogP contribution >= 0.6 is 24.0 Å². The number of benzene rings is 1. The predicted molar refractivity (Wildman–Crippen MR) is 142 cm³/mol. The Kier molecular flexibility index (Phi) is 6.33. The van der Waals surface area contributed by atoms with Gasteiger partial charge >= 0.3 is 0 Å². The van der Waals surface area contributed by atoms with Crippen LogP contribution in [0.15, 0.2) is 58.4 Å². The van der Waals surface area contributed by atoms with Crippen molar-refractivity contribution >= 4 is 57.4 Å². The van der Waals surface area contributed by atoms with Crippen molar-refractivity contribution < 1.29 is 9.18 Å². The number of piperazine rings is 1. The van der Waals surface area contributed by atoms with E-state index in [4.69, 9.17) is 17.2 Å². The Bertz CT molecular complexity index is 1400. The minimum absolute atomic E-state index is 0.0664. The first-order valence-electron chi connectivity index (χ1n) is 11.4. The van der Waals surface area contributed by atoms with Crippen molar-refractivity contribution in [3.8, 4) is 0 Å². The van der Waals surface area contributed by atoms with Crippen LogP contribution in [0.25, 0.3) is 11.7 Å². The maximum absolute atomic E-state index is 13.5. The van der Waals surface area contributed by atoms with Gasteiger partial charge in [0.05, 0.1) is 10.5 Å². The fourth-order valence-corrected chi connectivity index (χ4v) is 5.85. The minimum Gasteiger partial charge on any atom is -0.368 e. The second-order valence-electron chi connectivity index (χ2n) is 8.68. The minimum atomic E-state index is -0.263. The van der Waals surface area contributed by atoms with Gasteiger partial charge in [0.15, 0.2) is 0 Å². The van der Waals surface area contributed by atoms with E-state index in [9.17, 15) is 14.0 Å². The summed E-state index contributed by atoms with van der Waals surface area (Å²) in [4.78, 5) is 37.6. The molecule has 4 heterocycles. The molecule has 35 heavy (non-hydrogen) atoms. The highest BCUT2D eigenvalue weighted by molar-refractivity contribution is 8.26. The van der Waals surface area contributed by atoms with Crippen molar-refractivity contribution in [2.45, 2.75) is 19.9 Å². The van der Waals surface area contributed by atoms with Gasteiger partial charge in [0.1, 0.15) is 21.6 Å². The topological polar surface area (TPSA) is 61.2 Å². The summed E-state index contributed by atoms with van der Waals surface area (Å²) in [6, 6.07) is 11.8. The molecule has 2 aromatic heterocycles. The number of carbonyl (C=O) groups is 1. The van der Waals surface area contributed by atoms with Crippen molar-refractivity contribution in [2.75, 3.05) is 36.0 Å². The summed E-state index contributed by atoms with van der Waals surface area (Å²) in [7, 11) is 0. The molecule has 2 aliphatic rings. The smallest absolute Gasteiger partial charge is 0.267 e. The second kappa shape index (κ2) is 9.43. The number of anilines is 2. The largest absolute Gasteiger partial charge is 0.368 e. The van der Waals surface area contributed by atoms with Gasteiger partial charge in [0.2, 0.25) is 0 Å². The van der Waals surface area contributed by atoms with Gasteiger partial charge in [0.25, 0.3) is 11.5 Å². The van der Waals surface area contributed by atoms with Crippen LogP contribution in [0.4, 0.5) is 15.9 Å². The molecule has 3 aromatic rings. The van der Waals surface area contributed by atoms with Crippen LogP contribution < -0.4 is 15.4 Å². The molecule has 2 aliphatic heterocycles. The van der Waals surface area contributed by atoms with Gasteiger partial charge in [0, 0.05) is 44.1 Å². The number of pyridine rings is 1. The molecule has 2 saturated heterocycles. The molecule has 5 rings (SSSR count). The van der Waals surface area contributed by atoms with Crippen LogP contribution in [0.5, 0.6) is 0 Å². The first-order valence-corrected chi connectivity index (χ1v) is 12.6. The Labute approximate surface area is 211 Å². The molecule has 10 heteroatoms. The summed E-state index contributed by atoms with van der Waals surface area (Å²) in [5.41, 5.74) is 1.63. The fourth-order valence-electron chi connectivity index (χ4n) is 4.34. The van der Waals surface area contributed by atoms with E-state index in [2.05, 4.69) is 9.80 Å². The maximum atomic E-state index is 13.5. The third kappa shape index (κ3) is 4.43. The standard InChI is InChI=1S/C25H24FN5O2S2/c1-16(2)31-24(33)20(35-25(31)34)15-19-22(27-21-5-3-4-10-30(21)23(19)32)29-13-11-28(12-14-29)18-8-6-17(26)7-9-18/h3-10,15-16H,11-14H2,1-2H3. The van der Waals surface area contributed by atoms with Gasteiger partial charge in [-0.25, -0.2) is 9.37 Å². The molecule has 0 saturated carbocycles. The van der Waals surface area contributed by atoms with Crippen LogP contribution in [0.3, 0.4) is 0 Å². The van der Waals surface area contributed by atoms with E-state index < -0.39 is 0 Å². The molecule has 0 unspecified atom stereocenters. The van der Waals surface area contributed by atoms with Crippen molar-refractivity contribution in [2.24, 2.45) is 0 Å². The Balaban J connectivity index is 1.52. The molecule has 0 aliphatic carbocycles. The molecule has 0 spiro atoms. The highest BCUT2D eigenvalue weighted by atomic mass is 32.2. The summed E-state index contributed by atoms with van der Waals surface area (Å²) < 4.78 is 15.3. The highest BCUT2D eigenvalue weighted by Gasteiger charge is 2.34. The van der Waals surface area contributed by atoms with E-state index in [-0.39, 0.29) is 23.3 Å². The first-order chi connectivity index (χ1) is 16.8. The number of halogens is 1. The highest BCUT2D eigenvalue weighted by Crippen LogP contribution is 2.35. The molecular formula is C25H24FN5O2S2. The molecule has 0 radical (unpaired) electrons. The lowest BCUT2D eigenvalue weighted by Crippen LogP contribution is -2.47. The number of rotatable bonds is 4. The van der Waals surface area contributed by atoms with E-state index in [1.807, 2.05) is 19.9 Å². The van der Waals surface area contributed by atoms with E-state index in [1.54, 1.807) is 41.4 Å². The quantitative estimate of drug-likeness (QED) is 0.392. The molecule has 0 atom stereocenters. The summed E-state index contributed by atoms with van der Waals surface area (Å²) in [5, 5.41) is 0. The number of fused-ring (bicyclic) bond motifs is 1. The van der Waals surface area contributed by atoms with Crippen molar-refractivity contribution in [3.63, 3.8) is 0 Å². The van der Waals surface area contributed by atoms with Crippen molar-refractivity contribution in [3.05, 3.63) is 75.3 Å². The summed E-state index contributed by atoms with van der Waals surface area (Å²) in [6.07, 6.45) is 3.32. The molecular weight excluding hydrogens is 485 g/mol. The maximum Gasteiger partial charge on any atom is 0.267 e. The second-order valence-corrected chi connectivity index (χ2v) is 10.4. The monoisotopic (exact) mass is 509 g/mol. The predicted octanol–water partition coefficient (Wildman–Crippen LogP) is 3.77. The summed E-state index contributed by atoms with van der Waals surface area (Å²) >= 11 is 6.62. The van der Waals surface area contributed by atoms with Crippen molar-refractivity contribution in [1.82, 2.24) is 14.3 Å². The summed E-state index contributed by atoms with van der Waals surface area (Å²) in [6.45, 7) is 6.45. The van der Waals surface area contributed by atoms with Crippen LogP contribution in [0.1, 0.15) is 19.4 Å². The summed E-state index contributed by atoms with van der Waals surface area (Å²) in [5.74, 6) is 0.0927. The van der Waals surface area contributed by atoms with Gasteiger partial charge < -0.3 is 9.80 Å². The molecule has 0 bridgehead atoms. The van der Waals surface area contributed by atoms with Gasteiger partial charge in [-0.05, 0) is 56.3 Å². The van der Waals surface area contributed by atoms with Crippen LogP contribution in [-0.4, -0.2) is 56.7 Å². The fraction of sp³-hybridized carbons (Fsp3) is 0.280. The van der Waals surface area contributed by atoms with E-state index in [1.165, 1.54) is 28.3 Å². The molecule has 1 amide bonds. The zero-order valence-electron chi connectivity index (χ0n) is 19.3. The average molecular weight is 510 g/mol. The van der Waals surface area contributed by atoms with Gasteiger partial charge in [-0.15, -0.1) is 0 Å². The zero-order valence-corrected chi connectivity index (χ0v) is 21.0. The third-order valence-electron chi connectivity index (χ3n) is 6.14. The van der Waals surface area contributed by atoms with Gasteiger partial charge in [-0.3, -0.25) is 18.9 Å². The Morgan fingerprint density at radius 2 is 1.71 bits per heavy atom. The number of thioether (sulfide) groups is 1. The van der Waals surface area contributed by atoms with Crippen molar-refractivity contribution in [1.29, 1.82) is 0 Å². The van der Waals surface area contributed by atoms with Crippen LogP contribution in [0.2, 0.25) is 0 Å². The van der Waals surface area contributed by atoms with E-state index in [0.29, 0.717) is 52.4 Å². The number of nitrogens with zero attached hydrogens (tertiary/aromatic N) is 5. The number of aromatic nitrogens is 2. The molecule has 0 N–H and O–H groups in total. The lowest BCUT2D eigenvalue weighted by Gasteiger charge is -2.37. The number of hydrogen-bond acceptors (Lipinski definition) is 7. The Hall–Kier alpha value is -3.24. The molecule has 7 nitrogen and oxygen atoms in total. The molecule has 2 fully saturated rings. The van der Waals surface area contributed by atoms with Crippen LogP contribution in [0, 0.1) is 5.82 Å². The number of carbonyl (C=O) groups excluding carboxylic acids is 1. The van der Waals surface area contributed by atoms with Gasteiger partial charge in [-0.2, -0.15) is 0 Å². The normalized spacial score (nSPS) is 17.9. The van der Waals surface area contributed by atoms with Gasteiger partial charge in [-0.1, -0.05) is 30.0 Å². The average Bonchev–Trinajstić information content (AvgIpc) is 3.14. The van der Waals surface area contributed by atoms with E-state index in [0.717, 1.165) is 5.69 Å².